The van der Waals surface area contributed by atoms with Crippen molar-refractivity contribution in [3.63, 3.8) is 0 Å². The predicted octanol–water partition coefficient (Wildman–Crippen LogP) is 3.23. The van der Waals surface area contributed by atoms with Gasteiger partial charge < -0.3 is 4.98 Å². The van der Waals surface area contributed by atoms with Gasteiger partial charge in [0.05, 0.1) is 16.3 Å². The number of hydrogen-bond acceptors (Lipinski definition) is 4. The Labute approximate surface area is 125 Å². The number of benzene rings is 2. The van der Waals surface area contributed by atoms with Gasteiger partial charge >= 0.3 is 0 Å². The van der Waals surface area contributed by atoms with E-state index in [2.05, 4.69) is 15.4 Å². The lowest BCUT2D eigenvalue weighted by Crippen LogP contribution is -2.18. The molecule has 0 fully saturated rings. The van der Waals surface area contributed by atoms with Crippen LogP contribution in [0.1, 0.15) is 16.5 Å². The topological polar surface area (TPSA) is 69.5 Å². The second-order valence-electron chi connectivity index (χ2n) is 4.47. The van der Waals surface area contributed by atoms with Crippen LogP contribution in [-0.4, -0.2) is 9.97 Å². The Morgan fingerprint density at radius 1 is 1.10 bits per heavy atom. The Bertz CT molecular complexity index is 868. The molecular formula is C16H11N3OS. The van der Waals surface area contributed by atoms with Crippen molar-refractivity contribution in [2.24, 2.45) is 0 Å². The van der Waals surface area contributed by atoms with E-state index in [9.17, 15) is 4.79 Å². The van der Waals surface area contributed by atoms with Gasteiger partial charge in [0.15, 0.2) is 0 Å². The number of para-hydroxylation sites is 2. The SMILES string of the molecule is N#CS[C@@H](c1ccccc1)c1nc2ccccc2[nH]c1=O. The minimum absolute atomic E-state index is 0.259. The first-order chi connectivity index (χ1) is 10.3. The highest BCUT2D eigenvalue weighted by Gasteiger charge is 2.20. The minimum Gasteiger partial charge on any atom is -0.319 e. The molecule has 1 atom stereocenters. The van der Waals surface area contributed by atoms with Crippen LogP contribution in [0.5, 0.6) is 0 Å². The van der Waals surface area contributed by atoms with Crippen molar-refractivity contribution in [3.8, 4) is 5.40 Å². The van der Waals surface area contributed by atoms with Gasteiger partial charge in [-0.3, -0.25) is 4.79 Å². The van der Waals surface area contributed by atoms with Gasteiger partial charge in [0.1, 0.15) is 11.1 Å². The van der Waals surface area contributed by atoms with Gasteiger partial charge in [0.25, 0.3) is 5.56 Å². The number of aromatic nitrogens is 2. The first-order valence-corrected chi connectivity index (χ1v) is 7.26. The lowest BCUT2D eigenvalue weighted by Gasteiger charge is -2.12. The molecule has 0 aliphatic heterocycles. The monoisotopic (exact) mass is 293 g/mol. The lowest BCUT2D eigenvalue weighted by atomic mass is 10.1. The smallest absolute Gasteiger partial charge is 0.271 e. The molecule has 1 aromatic heterocycles. The summed E-state index contributed by atoms with van der Waals surface area (Å²) >= 11 is 1.03. The van der Waals surface area contributed by atoms with Crippen LogP contribution >= 0.6 is 11.8 Å². The van der Waals surface area contributed by atoms with Gasteiger partial charge in [-0.1, -0.05) is 42.5 Å². The molecule has 1 N–H and O–H groups in total. The molecule has 21 heavy (non-hydrogen) atoms. The summed E-state index contributed by atoms with van der Waals surface area (Å²) < 4.78 is 0. The van der Waals surface area contributed by atoms with E-state index < -0.39 is 5.25 Å². The minimum atomic E-state index is -0.399. The molecule has 2 aromatic carbocycles. The second kappa shape index (κ2) is 5.81. The van der Waals surface area contributed by atoms with Crippen LogP contribution in [0.4, 0.5) is 0 Å². The van der Waals surface area contributed by atoms with Crippen molar-refractivity contribution < 1.29 is 0 Å². The molecule has 3 aromatic rings. The fourth-order valence-corrected chi connectivity index (χ4v) is 2.85. The number of thioether (sulfide) groups is 1. The molecule has 0 saturated carbocycles. The molecule has 1 heterocycles. The maximum absolute atomic E-state index is 12.3. The van der Waals surface area contributed by atoms with Gasteiger partial charge in [0, 0.05) is 0 Å². The molecular weight excluding hydrogens is 282 g/mol. The number of nitriles is 1. The van der Waals surface area contributed by atoms with Gasteiger partial charge in [-0.25, -0.2) is 4.98 Å². The van der Waals surface area contributed by atoms with Crippen molar-refractivity contribution in [2.45, 2.75) is 5.25 Å². The van der Waals surface area contributed by atoms with E-state index in [0.29, 0.717) is 16.7 Å². The fraction of sp³-hybridized carbons (Fsp3) is 0.0625. The third kappa shape index (κ3) is 2.67. The van der Waals surface area contributed by atoms with Crippen molar-refractivity contribution in [2.75, 3.05) is 0 Å². The molecule has 0 unspecified atom stereocenters. The van der Waals surface area contributed by atoms with Crippen LogP contribution in [-0.2, 0) is 0 Å². The maximum Gasteiger partial charge on any atom is 0.271 e. The van der Waals surface area contributed by atoms with Crippen LogP contribution in [0.15, 0.2) is 59.4 Å². The summed E-state index contributed by atoms with van der Waals surface area (Å²) in [6.45, 7) is 0. The van der Waals surface area contributed by atoms with E-state index in [1.807, 2.05) is 54.6 Å². The molecule has 5 heteroatoms. The summed E-state index contributed by atoms with van der Waals surface area (Å²) in [6, 6.07) is 16.8. The number of hydrogen-bond donors (Lipinski definition) is 1. The van der Waals surface area contributed by atoms with E-state index >= 15 is 0 Å². The first-order valence-electron chi connectivity index (χ1n) is 6.38. The quantitative estimate of drug-likeness (QED) is 0.753. The molecule has 0 saturated heterocycles. The Morgan fingerprint density at radius 3 is 2.57 bits per heavy atom. The third-order valence-corrected chi connectivity index (χ3v) is 3.98. The van der Waals surface area contributed by atoms with Crippen molar-refractivity contribution in [1.29, 1.82) is 5.26 Å². The maximum atomic E-state index is 12.3. The Morgan fingerprint density at radius 2 is 1.81 bits per heavy atom. The molecule has 0 bridgehead atoms. The highest BCUT2D eigenvalue weighted by Crippen LogP contribution is 2.32. The summed E-state index contributed by atoms with van der Waals surface area (Å²) in [5.74, 6) is 0. The molecule has 0 radical (unpaired) electrons. The highest BCUT2D eigenvalue weighted by molar-refractivity contribution is 8.04. The summed E-state index contributed by atoms with van der Waals surface area (Å²) in [5.41, 5.74) is 2.39. The molecule has 4 nitrogen and oxygen atoms in total. The molecule has 102 valence electrons. The van der Waals surface area contributed by atoms with Crippen molar-refractivity contribution in [3.05, 3.63) is 76.2 Å². The average Bonchev–Trinajstić information content (AvgIpc) is 2.53. The van der Waals surface area contributed by atoms with Crippen LogP contribution in [0.2, 0.25) is 0 Å². The van der Waals surface area contributed by atoms with Crippen LogP contribution in [0.3, 0.4) is 0 Å². The molecule has 0 aliphatic carbocycles. The largest absolute Gasteiger partial charge is 0.319 e. The zero-order valence-corrected chi connectivity index (χ0v) is 11.8. The number of thiocyanates is 1. The van der Waals surface area contributed by atoms with E-state index in [-0.39, 0.29) is 5.56 Å². The standard InChI is InChI=1S/C16H11N3OS/c17-10-21-15(11-6-2-1-3-7-11)14-16(20)19-13-9-5-4-8-12(13)18-14/h1-9,15H,(H,19,20)/t15-/m0/s1. The number of H-pyrrole nitrogens is 1. The van der Waals surface area contributed by atoms with Gasteiger partial charge in [-0.2, -0.15) is 5.26 Å². The van der Waals surface area contributed by atoms with Gasteiger partial charge in [0.2, 0.25) is 0 Å². The summed E-state index contributed by atoms with van der Waals surface area (Å²) in [7, 11) is 0. The van der Waals surface area contributed by atoms with E-state index in [1.165, 1.54) is 0 Å². The van der Waals surface area contributed by atoms with Gasteiger partial charge in [-0.15, -0.1) is 0 Å². The number of nitrogens with one attached hydrogen (secondary N) is 1. The number of aromatic amines is 1. The first kappa shape index (κ1) is 13.4. The Balaban J connectivity index is 2.18. The Hall–Kier alpha value is -2.58. The molecule has 0 spiro atoms. The third-order valence-electron chi connectivity index (χ3n) is 3.15. The average molecular weight is 293 g/mol. The number of fused-ring (bicyclic) bond motifs is 1. The molecule has 3 rings (SSSR count). The summed E-state index contributed by atoms with van der Waals surface area (Å²) in [5, 5.41) is 10.7. The number of nitrogens with zero attached hydrogens (tertiary/aromatic N) is 2. The molecule has 0 aliphatic rings. The Kier molecular flexibility index (Phi) is 3.71. The van der Waals surface area contributed by atoms with E-state index in [0.717, 1.165) is 17.3 Å². The molecule has 0 amide bonds. The van der Waals surface area contributed by atoms with E-state index in [1.54, 1.807) is 0 Å². The van der Waals surface area contributed by atoms with Crippen molar-refractivity contribution >= 4 is 22.8 Å². The summed E-state index contributed by atoms with van der Waals surface area (Å²) in [4.78, 5) is 19.6. The predicted molar refractivity (Wildman–Crippen MR) is 83.9 cm³/mol. The number of rotatable bonds is 3. The van der Waals surface area contributed by atoms with Gasteiger partial charge in [-0.05, 0) is 29.5 Å². The lowest BCUT2D eigenvalue weighted by molar-refractivity contribution is 1.01. The van der Waals surface area contributed by atoms with Crippen LogP contribution in [0.25, 0.3) is 11.0 Å². The van der Waals surface area contributed by atoms with Crippen LogP contribution < -0.4 is 5.56 Å². The summed E-state index contributed by atoms with van der Waals surface area (Å²) in [6.07, 6.45) is 0. The fourth-order valence-electron chi connectivity index (χ4n) is 2.18. The normalized spacial score (nSPS) is 12.0. The highest BCUT2D eigenvalue weighted by atomic mass is 32.2. The zero-order valence-electron chi connectivity index (χ0n) is 11.0. The van der Waals surface area contributed by atoms with Crippen molar-refractivity contribution in [1.82, 2.24) is 9.97 Å². The van der Waals surface area contributed by atoms with Crippen LogP contribution in [0, 0.1) is 10.7 Å². The van der Waals surface area contributed by atoms with E-state index in [4.69, 9.17) is 5.26 Å². The second-order valence-corrected chi connectivity index (χ2v) is 5.36. The zero-order chi connectivity index (χ0) is 14.7.